The van der Waals surface area contributed by atoms with Gasteiger partial charge in [-0.15, -0.1) is 0 Å². The van der Waals surface area contributed by atoms with Crippen LogP contribution in [0.25, 0.3) is 0 Å². The number of aromatic nitrogens is 2. The summed E-state index contributed by atoms with van der Waals surface area (Å²) in [5.41, 5.74) is 0.703. The van der Waals surface area contributed by atoms with E-state index in [1.165, 1.54) is 19.2 Å². The number of halogens is 1. The topological polar surface area (TPSA) is 76.4 Å². The second kappa shape index (κ2) is 5.08. The fourth-order valence-corrected chi connectivity index (χ4v) is 2.53. The lowest BCUT2D eigenvalue weighted by atomic mass is 10.0. The van der Waals surface area contributed by atoms with Gasteiger partial charge in [0.2, 0.25) is 0 Å². The van der Waals surface area contributed by atoms with Crippen LogP contribution in [0.5, 0.6) is 5.75 Å². The molecule has 6 nitrogen and oxygen atoms in total. The highest BCUT2D eigenvalue weighted by Crippen LogP contribution is 2.31. The first kappa shape index (κ1) is 13.4. The highest BCUT2D eigenvalue weighted by atomic mass is 19.1. The molecule has 0 aliphatic carbocycles. The number of fused-ring (bicyclic) bond motifs is 1. The van der Waals surface area contributed by atoms with Gasteiger partial charge in [-0.3, -0.25) is 0 Å². The molecule has 21 heavy (non-hydrogen) atoms. The summed E-state index contributed by atoms with van der Waals surface area (Å²) in [4.78, 5) is 11.0. The van der Waals surface area contributed by atoms with E-state index in [1.54, 1.807) is 16.8 Å². The predicted molar refractivity (Wildman–Crippen MR) is 73.4 cm³/mol. The number of carbonyl (C=O) groups is 1. The molecule has 110 valence electrons. The lowest BCUT2D eigenvalue weighted by Crippen LogP contribution is -2.24. The minimum Gasteiger partial charge on any atom is -0.494 e. The van der Waals surface area contributed by atoms with Crippen LogP contribution < -0.4 is 10.1 Å². The fraction of sp³-hybridized carbons (Fsp3) is 0.286. The molecule has 0 bridgehead atoms. The van der Waals surface area contributed by atoms with E-state index in [0.29, 0.717) is 18.8 Å². The fourth-order valence-electron chi connectivity index (χ4n) is 2.53. The average molecular weight is 291 g/mol. The first-order chi connectivity index (χ1) is 10.1. The second-order valence-corrected chi connectivity index (χ2v) is 4.79. The van der Waals surface area contributed by atoms with Crippen molar-refractivity contribution in [1.29, 1.82) is 0 Å². The maximum Gasteiger partial charge on any atom is 0.356 e. The monoisotopic (exact) mass is 291 g/mol. The predicted octanol–water partition coefficient (Wildman–Crippen LogP) is 2.13. The van der Waals surface area contributed by atoms with Crippen molar-refractivity contribution in [2.24, 2.45) is 0 Å². The summed E-state index contributed by atoms with van der Waals surface area (Å²) in [6, 6.07) is 6.02. The molecule has 7 heteroatoms. The number of rotatable bonds is 3. The number of carboxylic acids is 1. The molecule has 1 atom stereocenters. The Bertz CT molecular complexity index is 699. The average Bonchev–Trinajstić information content (AvgIpc) is 2.91. The Labute approximate surface area is 120 Å². The van der Waals surface area contributed by atoms with Gasteiger partial charge in [0.15, 0.2) is 17.3 Å². The van der Waals surface area contributed by atoms with Crippen LogP contribution in [0.15, 0.2) is 24.3 Å². The lowest BCUT2D eigenvalue weighted by Gasteiger charge is -2.26. The number of nitrogens with one attached hydrogen (secondary N) is 1. The number of hydrogen-bond acceptors (Lipinski definition) is 4. The third-order valence-electron chi connectivity index (χ3n) is 3.53. The second-order valence-electron chi connectivity index (χ2n) is 4.79. The van der Waals surface area contributed by atoms with Gasteiger partial charge in [0.1, 0.15) is 5.82 Å². The Morgan fingerprint density at radius 1 is 1.52 bits per heavy atom. The zero-order valence-corrected chi connectivity index (χ0v) is 11.3. The van der Waals surface area contributed by atoms with Gasteiger partial charge in [-0.2, -0.15) is 5.10 Å². The molecule has 0 saturated heterocycles. The molecule has 1 aromatic carbocycles. The Morgan fingerprint density at radius 3 is 3.00 bits per heavy atom. The normalized spacial score (nSPS) is 17.0. The Kier molecular flexibility index (Phi) is 3.25. The molecule has 1 aromatic heterocycles. The van der Waals surface area contributed by atoms with Crippen molar-refractivity contribution in [3.8, 4) is 5.75 Å². The number of anilines is 1. The van der Waals surface area contributed by atoms with Crippen molar-refractivity contribution in [2.45, 2.75) is 12.5 Å². The summed E-state index contributed by atoms with van der Waals surface area (Å²) in [5.74, 6) is -0.724. The van der Waals surface area contributed by atoms with E-state index in [2.05, 4.69) is 10.4 Å². The number of carboxylic acid groups (broad SMARTS) is 1. The molecule has 1 aliphatic rings. The molecule has 0 amide bonds. The maximum atomic E-state index is 13.9. The largest absolute Gasteiger partial charge is 0.494 e. The maximum absolute atomic E-state index is 13.9. The van der Waals surface area contributed by atoms with Crippen molar-refractivity contribution < 1.29 is 19.0 Å². The van der Waals surface area contributed by atoms with Crippen LogP contribution in [0.4, 0.5) is 10.2 Å². The summed E-state index contributed by atoms with van der Waals surface area (Å²) < 4.78 is 20.3. The number of aromatic carboxylic acids is 1. The van der Waals surface area contributed by atoms with Gasteiger partial charge in [0.25, 0.3) is 0 Å². The summed E-state index contributed by atoms with van der Waals surface area (Å²) >= 11 is 0. The molecule has 0 fully saturated rings. The van der Waals surface area contributed by atoms with Gasteiger partial charge >= 0.3 is 5.97 Å². The van der Waals surface area contributed by atoms with Crippen LogP contribution >= 0.6 is 0 Å². The van der Waals surface area contributed by atoms with Crippen molar-refractivity contribution in [1.82, 2.24) is 9.78 Å². The Hall–Kier alpha value is -2.57. The molecule has 2 N–H and O–H groups in total. The van der Waals surface area contributed by atoms with Crippen molar-refractivity contribution >= 4 is 11.8 Å². The number of hydrogen-bond donors (Lipinski definition) is 2. The molecular formula is C14H14FN3O3. The van der Waals surface area contributed by atoms with Crippen LogP contribution in [0, 0.1) is 5.82 Å². The van der Waals surface area contributed by atoms with E-state index >= 15 is 0 Å². The standard InChI is InChI=1S/C14H14FN3O3/c1-21-12-3-2-8(6-9(12)15)11-4-5-16-13-7-10(14(19)20)17-18(11)13/h2-3,6-7,11,16H,4-5H2,1H3,(H,19,20). The minimum atomic E-state index is -1.08. The van der Waals surface area contributed by atoms with Crippen molar-refractivity contribution in [3.05, 3.63) is 41.3 Å². The number of nitrogens with zero attached hydrogens (tertiary/aromatic N) is 2. The number of ether oxygens (including phenoxy) is 1. The van der Waals surface area contributed by atoms with E-state index in [0.717, 1.165) is 5.56 Å². The molecule has 0 radical (unpaired) electrons. The van der Waals surface area contributed by atoms with Gasteiger partial charge in [-0.1, -0.05) is 6.07 Å². The van der Waals surface area contributed by atoms with Crippen LogP contribution in [0.1, 0.15) is 28.5 Å². The number of benzene rings is 1. The summed E-state index contributed by atoms with van der Waals surface area (Å²) in [6.45, 7) is 0.670. The molecule has 0 spiro atoms. The zero-order valence-electron chi connectivity index (χ0n) is 11.3. The molecule has 3 rings (SSSR count). The van der Waals surface area contributed by atoms with E-state index in [-0.39, 0.29) is 17.5 Å². The Morgan fingerprint density at radius 2 is 2.33 bits per heavy atom. The van der Waals surface area contributed by atoms with Crippen LogP contribution in [0.2, 0.25) is 0 Å². The quantitative estimate of drug-likeness (QED) is 0.906. The summed E-state index contributed by atoms with van der Waals surface area (Å²) in [6.07, 6.45) is 0.694. The highest BCUT2D eigenvalue weighted by molar-refractivity contribution is 5.86. The zero-order chi connectivity index (χ0) is 15.0. The van der Waals surface area contributed by atoms with E-state index in [9.17, 15) is 9.18 Å². The first-order valence-electron chi connectivity index (χ1n) is 6.50. The van der Waals surface area contributed by atoms with Gasteiger partial charge in [-0.05, 0) is 24.1 Å². The van der Waals surface area contributed by atoms with Crippen molar-refractivity contribution in [3.63, 3.8) is 0 Å². The third-order valence-corrected chi connectivity index (χ3v) is 3.53. The summed E-state index contributed by atoms with van der Waals surface area (Å²) in [5, 5.41) is 16.2. The molecular weight excluding hydrogens is 277 g/mol. The van der Waals surface area contributed by atoms with Crippen LogP contribution in [-0.4, -0.2) is 34.5 Å². The van der Waals surface area contributed by atoms with Crippen molar-refractivity contribution in [2.75, 3.05) is 19.0 Å². The smallest absolute Gasteiger partial charge is 0.356 e. The van der Waals surface area contributed by atoms with Gasteiger partial charge in [0, 0.05) is 12.6 Å². The molecule has 2 heterocycles. The molecule has 0 saturated carbocycles. The highest BCUT2D eigenvalue weighted by Gasteiger charge is 2.25. The van der Waals surface area contributed by atoms with Gasteiger partial charge in [-0.25, -0.2) is 13.9 Å². The SMILES string of the molecule is COc1ccc(C2CCNc3cc(C(=O)O)nn32)cc1F. The van der Waals surface area contributed by atoms with Gasteiger partial charge < -0.3 is 15.2 Å². The van der Waals surface area contributed by atoms with Crippen LogP contribution in [-0.2, 0) is 0 Å². The van der Waals surface area contributed by atoms with E-state index < -0.39 is 11.8 Å². The first-order valence-corrected chi connectivity index (χ1v) is 6.50. The molecule has 1 aliphatic heterocycles. The lowest BCUT2D eigenvalue weighted by molar-refractivity contribution is 0.0689. The summed E-state index contributed by atoms with van der Waals surface area (Å²) in [7, 11) is 1.41. The van der Waals surface area contributed by atoms with E-state index in [1.807, 2.05) is 0 Å². The molecule has 2 aromatic rings. The minimum absolute atomic E-state index is 0.0293. The molecule has 1 unspecified atom stereocenters. The number of methoxy groups -OCH3 is 1. The third kappa shape index (κ3) is 2.31. The Balaban J connectivity index is 2.01. The van der Waals surface area contributed by atoms with Gasteiger partial charge in [0.05, 0.1) is 13.2 Å². The van der Waals surface area contributed by atoms with E-state index in [4.69, 9.17) is 9.84 Å². The van der Waals surface area contributed by atoms with Crippen LogP contribution in [0.3, 0.4) is 0 Å².